The van der Waals surface area contributed by atoms with Crippen molar-refractivity contribution in [3.8, 4) is 0 Å². The lowest BCUT2D eigenvalue weighted by Crippen LogP contribution is -2.41. The smallest absolute Gasteiger partial charge is 0.314 e. The summed E-state index contributed by atoms with van der Waals surface area (Å²) >= 11 is 3.44. The van der Waals surface area contributed by atoms with Gasteiger partial charge in [-0.25, -0.2) is 9.50 Å². The van der Waals surface area contributed by atoms with Crippen LogP contribution in [-0.4, -0.2) is 43.9 Å². The molecule has 138 valence electrons. The predicted molar refractivity (Wildman–Crippen MR) is 104 cm³/mol. The van der Waals surface area contributed by atoms with E-state index in [1.807, 2.05) is 19.1 Å². The van der Waals surface area contributed by atoms with Crippen LogP contribution in [0.2, 0.25) is 0 Å². The Balaban J connectivity index is 1.47. The number of nitrogens with one attached hydrogen (secondary N) is 1. The Bertz CT molecular complexity index is 1000. The molecule has 7 nitrogen and oxygen atoms in total. The van der Waals surface area contributed by atoms with Crippen LogP contribution in [-0.2, 0) is 9.59 Å². The predicted octanol–water partition coefficient (Wildman–Crippen LogP) is 2.83. The molecule has 2 amide bonds. The van der Waals surface area contributed by atoms with E-state index in [4.69, 9.17) is 0 Å². The van der Waals surface area contributed by atoms with Gasteiger partial charge < -0.3 is 10.2 Å². The van der Waals surface area contributed by atoms with Gasteiger partial charge in [-0.05, 0) is 37.1 Å². The molecule has 3 heterocycles. The Hall–Kier alpha value is -2.74. The number of carbonyl (C=O) groups is 2. The quantitative estimate of drug-likeness (QED) is 0.637. The molecule has 4 rings (SSSR count). The summed E-state index contributed by atoms with van der Waals surface area (Å²) in [5, 5.41) is 6.76. The number of benzene rings is 1. The molecule has 2 atom stereocenters. The van der Waals surface area contributed by atoms with Gasteiger partial charge in [0.1, 0.15) is 5.69 Å². The molecule has 1 N–H and O–H groups in total. The summed E-state index contributed by atoms with van der Waals surface area (Å²) in [5.74, 6) is -0.972. The number of hydrogen-bond acceptors (Lipinski definition) is 4. The second-order valence-corrected chi connectivity index (χ2v) is 7.61. The van der Waals surface area contributed by atoms with Gasteiger partial charge in [-0.15, -0.1) is 0 Å². The van der Waals surface area contributed by atoms with Crippen molar-refractivity contribution >= 4 is 39.1 Å². The van der Waals surface area contributed by atoms with Crippen molar-refractivity contribution in [1.82, 2.24) is 19.5 Å². The van der Waals surface area contributed by atoms with Gasteiger partial charge in [0.15, 0.2) is 5.65 Å². The van der Waals surface area contributed by atoms with Crippen molar-refractivity contribution < 1.29 is 9.59 Å². The lowest BCUT2D eigenvalue weighted by molar-refractivity contribution is -0.143. The molecule has 1 aliphatic rings. The molecule has 0 radical (unpaired) electrons. The van der Waals surface area contributed by atoms with Crippen molar-refractivity contribution in [2.24, 2.45) is 0 Å². The third-order valence-electron chi connectivity index (χ3n) is 4.90. The van der Waals surface area contributed by atoms with E-state index in [9.17, 15) is 9.59 Å². The van der Waals surface area contributed by atoms with Gasteiger partial charge in [0.2, 0.25) is 0 Å². The number of hydrogen-bond donors (Lipinski definition) is 1. The number of fused-ring (bicyclic) bond motifs is 1. The molecule has 1 saturated heterocycles. The standard InChI is InChI=1S/C19H18BrN5O2/c1-12-9-14(13-3-5-15(20)6-4-13)11-24(12)19(27)18(26)23-16-10-22-25-8-2-7-21-17(16)25/h2-8,10,12,14H,9,11H2,1H3,(H,23,26). The van der Waals surface area contributed by atoms with Crippen molar-refractivity contribution in [3.63, 3.8) is 0 Å². The Morgan fingerprint density at radius 1 is 1.26 bits per heavy atom. The highest BCUT2D eigenvalue weighted by molar-refractivity contribution is 9.10. The van der Waals surface area contributed by atoms with Crippen LogP contribution >= 0.6 is 15.9 Å². The summed E-state index contributed by atoms with van der Waals surface area (Å²) in [5.41, 5.74) is 2.10. The first-order valence-electron chi connectivity index (χ1n) is 8.68. The lowest BCUT2D eigenvalue weighted by atomic mass is 9.97. The van der Waals surface area contributed by atoms with E-state index in [-0.39, 0.29) is 12.0 Å². The van der Waals surface area contributed by atoms with Gasteiger partial charge in [0, 0.05) is 35.4 Å². The number of likely N-dealkylation sites (tertiary alicyclic amines) is 1. The highest BCUT2D eigenvalue weighted by Crippen LogP contribution is 2.32. The molecule has 0 saturated carbocycles. The van der Waals surface area contributed by atoms with Gasteiger partial charge in [-0.1, -0.05) is 28.1 Å². The molecule has 0 aliphatic carbocycles. The van der Waals surface area contributed by atoms with Crippen LogP contribution < -0.4 is 5.32 Å². The van der Waals surface area contributed by atoms with E-state index in [0.29, 0.717) is 17.9 Å². The van der Waals surface area contributed by atoms with E-state index < -0.39 is 11.8 Å². The Kier molecular flexibility index (Phi) is 4.65. The average molecular weight is 428 g/mol. The third-order valence-corrected chi connectivity index (χ3v) is 5.43. The number of anilines is 1. The van der Waals surface area contributed by atoms with Crippen molar-refractivity contribution in [2.45, 2.75) is 25.3 Å². The summed E-state index contributed by atoms with van der Waals surface area (Å²) in [6.45, 7) is 2.50. The minimum Gasteiger partial charge on any atom is -0.331 e. The zero-order valence-corrected chi connectivity index (χ0v) is 16.3. The van der Waals surface area contributed by atoms with Crippen molar-refractivity contribution in [2.75, 3.05) is 11.9 Å². The molecule has 1 fully saturated rings. The zero-order chi connectivity index (χ0) is 19.0. The van der Waals surface area contributed by atoms with Crippen LogP contribution in [0, 0.1) is 0 Å². The highest BCUT2D eigenvalue weighted by Gasteiger charge is 2.36. The summed E-state index contributed by atoms with van der Waals surface area (Å²) in [4.78, 5) is 31.0. The normalized spacial score (nSPS) is 19.4. The number of carbonyl (C=O) groups excluding carboxylic acids is 2. The first-order chi connectivity index (χ1) is 13.0. The average Bonchev–Trinajstić information content (AvgIpc) is 3.26. The van der Waals surface area contributed by atoms with Crippen LogP contribution in [0.1, 0.15) is 24.8 Å². The third kappa shape index (κ3) is 3.44. The van der Waals surface area contributed by atoms with E-state index in [1.54, 1.807) is 27.9 Å². The van der Waals surface area contributed by atoms with Crippen LogP contribution in [0.25, 0.3) is 5.65 Å². The van der Waals surface area contributed by atoms with E-state index in [2.05, 4.69) is 43.5 Å². The first-order valence-corrected chi connectivity index (χ1v) is 9.48. The molecular formula is C19H18BrN5O2. The lowest BCUT2D eigenvalue weighted by Gasteiger charge is -2.20. The molecule has 1 aromatic carbocycles. The molecule has 3 aromatic rings. The monoisotopic (exact) mass is 427 g/mol. The summed E-state index contributed by atoms with van der Waals surface area (Å²) in [6, 6.07) is 9.84. The van der Waals surface area contributed by atoms with Crippen molar-refractivity contribution in [3.05, 3.63) is 59.0 Å². The number of amides is 2. The van der Waals surface area contributed by atoms with Crippen LogP contribution in [0.5, 0.6) is 0 Å². The molecule has 0 spiro atoms. The summed E-state index contributed by atoms with van der Waals surface area (Å²) in [6.07, 6.45) is 5.66. The van der Waals surface area contributed by atoms with E-state index >= 15 is 0 Å². The second-order valence-electron chi connectivity index (χ2n) is 6.69. The molecule has 8 heteroatoms. The number of halogens is 1. The first kappa shape index (κ1) is 17.7. The molecule has 1 aliphatic heterocycles. The van der Waals surface area contributed by atoms with Gasteiger partial charge >= 0.3 is 11.8 Å². The molecule has 2 unspecified atom stereocenters. The summed E-state index contributed by atoms with van der Waals surface area (Å²) < 4.78 is 2.56. The largest absolute Gasteiger partial charge is 0.331 e. The van der Waals surface area contributed by atoms with E-state index in [1.165, 1.54) is 11.8 Å². The van der Waals surface area contributed by atoms with Crippen LogP contribution in [0.3, 0.4) is 0 Å². The number of rotatable bonds is 2. The van der Waals surface area contributed by atoms with Gasteiger partial charge in [0.05, 0.1) is 6.20 Å². The Labute approximate surface area is 164 Å². The number of aromatic nitrogens is 3. The van der Waals surface area contributed by atoms with Gasteiger partial charge in [-0.2, -0.15) is 5.10 Å². The van der Waals surface area contributed by atoms with Crippen LogP contribution in [0.15, 0.2) is 53.4 Å². The molecule has 27 heavy (non-hydrogen) atoms. The SMILES string of the molecule is CC1CC(c2ccc(Br)cc2)CN1C(=O)C(=O)Nc1cnn2cccnc12. The maximum absolute atomic E-state index is 12.7. The maximum atomic E-state index is 12.7. The molecule has 2 aromatic heterocycles. The topological polar surface area (TPSA) is 79.6 Å². The minimum atomic E-state index is -0.668. The van der Waals surface area contributed by atoms with Crippen LogP contribution in [0.4, 0.5) is 5.69 Å². The zero-order valence-electron chi connectivity index (χ0n) is 14.7. The fraction of sp³-hybridized carbons (Fsp3) is 0.263. The number of nitrogens with zero attached hydrogens (tertiary/aromatic N) is 4. The van der Waals surface area contributed by atoms with Gasteiger partial charge in [0.25, 0.3) is 0 Å². The highest BCUT2D eigenvalue weighted by atomic mass is 79.9. The minimum absolute atomic E-state index is 0.000992. The Morgan fingerprint density at radius 2 is 2.04 bits per heavy atom. The van der Waals surface area contributed by atoms with Gasteiger partial charge in [-0.3, -0.25) is 9.59 Å². The molecule has 0 bridgehead atoms. The fourth-order valence-corrected chi connectivity index (χ4v) is 3.78. The van der Waals surface area contributed by atoms with E-state index in [0.717, 1.165) is 10.9 Å². The summed E-state index contributed by atoms with van der Waals surface area (Å²) in [7, 11) is 0. The molecular weight excluding hydrogens is 410 g/mol. The van der Waals surface area contributed by atoms with Crippen molar-refractivity contribution in [1.29, 1.82) is 0 Å². The fourth-order valence-electron chi connectivity index (χ4n) is 3.51. The maximum Gasteiger partial charge on any atom is 0.314 e. The Morgan fingerprint density at radius 3 is 2.81 bits per heavy atom. The second kappa shape index (κ2) is 7.11.